The molecule has 0 heterocycles. The third-order valence-corrected chi connectivity index (χ3v) is 4.75. The van der Waals surface area contributed by atoms with Crippen LogP contribution in [0.2, 0.25) is 0 Å². The Morgan fingerprint density at radius 2 is 1.93 bits per heavy atom. The molecule has 1 atom stereocenters. The Hall–Kier alpha value is -2.23. The molecule has 29 heavy (non-hydrogen) atoms. The normalized spacial score (nSPS) is 11.8. The van der Waals surface area contributed by atoms with Gasteiger partial charge in [0, 0.05) is 34.0 Å². The molecule has 156 valence electrons. The summed E-state index contributed by atoms with van der Waals surface area (Å²) < 4.78 is 40.2. The van der Waals surface area contributed by atoms with Crippen LogP contribution in [0.15, 0.2) is 34.8 Å². The molecule has 2 aromatic carbocycles. The number of nitrogens with zero attached hydrogens (tertiary/aromatic N) is 1. The molecule has 0 aliphatic rings. The minimum atomic E-state index is -1.56. The van der Waals surface area contributed by atoms with Gasteiger partial charge in [0.25, 0.3) is 5.91 Å². The number of carbonyl (C=O) groups excluding carboxylic acids is 1. The highest BCUT2D eigenvalue weighted by atomic mass is 79.9. The predicted octanol–water partition coefficient (Wildman–Crippen LogP) is 4.28. The highest BCUT2D eigenvalue weighted by molar-refractivity contribution is 9.10. The molecule has 0 fully saturated rings. The fourth-order valence-electron chi connectivity index (χ4n) is 2.65. The van der Waals surface area contributed by atoms with Gasteiger partial charge in [0.05, 0.1) is 19.2 Å². The van der Waals surface area contributed by atoms with E-state index in [2.05, 4.69) is 15.9 Å². The Kier molecular flexibility index (Phi) is 7.95. The topological polar surface area (TPSA) is 88.6 Å². The first-order valence-corrected chi connectivity index (χ1v) is 9.57. The van der Waals surface area contributed by atoms with Gasteiger partial charge in [-0.3, -0.25) is 10.2 Å². The van der Waals surface area contributed by atoms with Crippen LogP contribution < -0.4 is 10.5 Å². The third kappa shape index (κ3) is 5.43. The SMILES string of the molecule is CCOC(C(=O)N(Cl)Cc1ccc(C(=N)N)cc1OC)c1c(F)cc(Br)cc1F. The van der Waals surface area contributed by atoms with Gasteiger partial charge in [-0.05, 0) is 25.1 Å². The summed E-state index contributed by atoms with van der Waals surface area (Å²) in [6.07, 6.45) is -1.56. The Morgan fingerprint density at radius 1 is 1.31 bits per heavy atom. The number of nitrogens with two attached hydrogens (primary N) is 1. The summed E-state index contributed by atoms with van der Waals surface area (Å²) in [6.45, 7) is 1.49. The van der Waals surface area contributed by atoms with Crippen molar-refractivity contribution in [1.82, 2.24) is 4.42 Å². The Morgan fingerprint density at radius 3 is 2.45 bits per heavy atom. The molecule has 0 spiro atoms. The fraction of sp³-hybridized carbons (Fsp3) is 0.263. The molecule has 0 saturated heterocycles. The van der Waals surface area contributed by atoms with Crippen molar-refractivity contribution in [2.45, 2.75) is 19.6 Å². The first-order valence-electron chi connectivity index (χ1n) is 8.44. The van der Waals surface area contributed by atoms with E-state index in [1.54, 1.807) is 19.1 Å². The fourth-order valence-corrected chi connectivity index (χ4v) is 3.27. The van der Waals surface area contributed by atoms with Gasteiger partial charge in [-0.1, -0.05) is 28.1 Å². The summed E-state index contributed by atoms with van der Waals surface area (Å²) in [4.78, 5) is 12.8. The monoisotopic (exact) mass is 489 g/mol. The van der Waals surface area contributed by atoms with Gasteiger partial charge in [-0.15, -0.1) is 0 Å². The lowest BCUT2D eigenvalue weighted by atomic mass is 10.1. The molecule has 0 bridgehead atoms. The molecule has 6 nitrogen and oxygen atoms in total. The molecule has 0 radical (unpaired) electrons. The van der Waals surface area contributed by atoms with Crippen LogP contribution in [-0.4, -0.2) is 29.9 Å². The summed E-state index contributed by atoms with van der Waals surface area (Å²) in [5, 5.41) is 7.48. The van der Waals surface area contributed by atoms with Crippen molar-refractivity contribution in [1.29, 1.82) is 5.41 Å². The summed E-state index contributed by atoms with van der Waals surface area (Å²) in [5.74, 6) is -2.50. The van der Waals surface area contributed by atoms with Crippen molar-refractivity contribution < 1.29 is 23.0 Å². The summed E-state index contributed by atoms with van der Waals surface area (Å²) in [6, 6.07) is 6.78. The van der Waals surface area contributed by atoms with Crippen LogP contribution in [-0.2, 0) is 16.1 Å². The minimum absolute atomic E-state index is 0.0344. The molecule has 0 saturated carbocycles. The molecule has 1 amide bonds. The van der Waals surface area contributed by atoms with Crippen LogP contribution >= 0.6 is 27.7 Å². The van der Waals surface area contributed by atoms with Crippen molar-refractivity contribution >= 4 is 39.4 Å². The van der Waals surface area contributed by atoms with E-state index in [9.17, 15) is 13.6 Å². The Balaban J connectivity index is 2.33. The Bertz CT molecular complexity index is 907. The molecule has 0 aliphatic carbocycles. The molecule has 2 aromatic rings. The van der Waals surface area contributed by atoms with Crippen LogP contribution in [0.4, 0.5) is 8.78 Å². The number of ether oxygens (including phenoxy) is 2. The van der Waals surface area contributed by atoms with E-state index in [4.69, 9.17) is 32.4 Å². The molecule has 10 heteroatoms. The average Bonchev–Trinajstić information content (AvgIpc) is 2.66. The second-order valence-corrected chi connectivity index (χ2v) is 7.24. The van der Waals surface area contributed by atoms with Gasteiger partial charge in [0.2, 0.25) is 0 Å². The van der Waals surface area contributed by atoms with Crippen molar-refractivity contribution in [2.75, 3.05) is 13.7 Å². The standard InChI is InChI=1S/C19H19BrClF2N3O3/c1-3-29-17(16-13(22)7-12(20)8-14(16)23)19(27)26(21)9-11-5-4-10(18(24)25)6-15(11)28-2/h4-8,17H,3,9H2,1-2H3,(H3,24,25). The van der Waals surface area contributed by atoms with Crippen molar-refractivity contribution in [2.24, 2.45) is 5.73 Å². The molecular weight excluding hydrogens is 472 g/mol. The maximum Gasteiger partial charge on any atom is 0.271 e. The third-order valence-electron chi connectivity index (χ3n) is 4.01. The average molecular weight is 491 g/mol. The molecule has 0 aromatic heterocycles. The first kappa shape index (κ1) is 23.1. The number of rotatable bonds is 8. The zero-order valence-electron chi connectivity index (χ0n) is 15.6. The van der Waals surface area contributed by atoms with Gasteiger partial charge >= 0.3 is 0 Å². The number of nitrogen functional groups attached to an aromatic ring is 1. The van der Waals surface area contributed by atoms with Crippen LogP contribution in [0.3, 0.4) is 0 Å². The molecule has 2 rings (SSSR count). The number of amides is 1. The number of benzene rings is 2. The maximum atomic E-state index is 14.4. The van der Waals surface area contributed by atoms with E-state index < -0.39 is 29.2 Å². The van der Waals surface area contributed by atoms with E-state index in [0.29, 0.717) is 16.9 Å². The van der Waals surface area contributed by atoms with Gasteiger partial charge in [0.15, 0.2) is 6.10 Å². The number of halogens is 4. The maximum absolute atomic E-state index is 14.4. The molecule has 3 N–H and O–H groups in total. The van der Waals surface area contributed by atoms with Crippen LogP contribution in [0.5, 0.6) is 5.75 Å². The van der Waals surface area contributed by atoms with Gasteiger partial charge in [-0.25, -0.2) is 13.2 Å². The lowest BCUT2D eigenvalue weighted by Gasteiger charge is -2.23. The predicted molar refractivity (Wildman–Crippen MR) is 109 cm³/mol. The number of nitrogens with one attached hydrogen (secondary N) is 1. The van der Waals surface area contributed by atoms with E-state index in [0.717, 1.165) is 16.6 Å². The number of hydrogen-bond acceptors (Lipinski definition) is 4. The van der Waals surface area contributed by atoms with Gasteiger partial charge in [0.1, 0.15) is 23.2 Å². The quantitative estimate of drug-likeness (QED) is 0.328. The zero-order chi connectivity index (χ0) is 21.7. The van der Waals surface area contributed by atoms with Crippen molar-refractivity contribution in [3.05, 3.63) is 63.1 Å². The zero-order valence-corrected chi connectivity index (χ0v) is 18.0. The number of hydrogen-bond donors (Lipinski definition) is 2. The smallest absolute Gasteiger partial charge is 0.271 e. The highest BCUT2D eigenvalue weighted by Gasteiger charge is 2.32. The first-order chi connectivity index (χ1) is 13.7. The highest BCUT2D eigenvalue weighted by Crippen LogP contribution is 2.31. The summed E-state index contributed by atoms with van der Waals surface area (Å²) in [7, 11) is 1.42. The lowest BCUT2D eigenvalue weighted by molar-refractivity contribution is -0.139. The van der Waals surface area contributed by atoms with Crippen molar-refractivity contribution in [3.8, 4) is 5.75 Å². The summed E-state index contributed by atoms with van der Waals surface area (Å²) >= 11 is 9.14. The van der Waals surface area contributed by atoms with Crippen LogP contribution in [0.25, 0.3) is 0 Å². The van der Waals surface area contributed by atoms with Crippen LogP contribution in [0, 0.1) is 17.0 Å². The lowest BCUT2D eigenvalue weighted by Crippen LogP contribution is -2.30. The number of carbonyl (C=O) groups is 1. The Labute approximate surface area is 180 Å². The largest absolute Gasteiger partial charge is 0.496 e. The van der Waals surface area contributed by atoms with Crippen LogP contribution in [0.1, 0.15) is 29.7 Å². The van der Waals surface area contributed by atoms with E-state index in [-0.39, 0.29) is 23.5 Å². The second-order valence-electron chi connectivity index (χ2n) is 5.92. The molecule has 0 aliphatic heterocycles. The van der Waals surface area contributed by atoms with E-state index in [1.165, 1.54) is 13.2 Å². The minimum Gasteiger partial charge on any atom is -0.496 e. The van der Waals surface area contributed by atoms with Gasteiger partial charge < -0.3 is 15.2 Å². The van der Waals surface area contributed by atoms with E-state index in [1.807, 2.05) is 0 Å². The van der Waals surface area contributed by atoms with E-state index >= 15 is 0 Å². The summed E-state index contributed by atoms with van der Waals surface area (Å²) in [5.41, 5.74) is 5.88. The van der Waals surface area contributed by atoms with Crippen molar-refractivity contribution in [3.63, 3.8) is 0 Å². The second kappa shape index (κ2) is 10.00. The molecular formula is C19H19BrClF2N3O3. The number of methoxy groups -OCH3 is 1. The molecule has 1 unspecified atom stereocenters. The number of amidine groups is 1. The van der Waals surface area contributed by atoms with Gasteiger partial charge in [-0.2, -0.15) is 0 Å².